The number of allylic oxidation sites excluding steroid dienone is 1. The number of rotatable bonds is 6. The number of thioether (sulfide) groups is 1. The molecular weight excluding hydrogens is 404 g/mol. The number of ketones is 1. The molecule has 0 heterocycles. The molecule has 3 rings (SSSR count). The number of benzene rings is 3. The van der Waals surface area contributed by atoms with Gasteiger partial charge in [0.1, 0.15) is 0 Å². The van der Waals surface area contributed by atoms with Crippen molar-refractivity contribution in [1.82, 2.24) is 0 Å². The van der Waals surface area contributed by atoms with Gasteiger partial charge in [-0.3, -0.25) is 4.79 Å². The Morgan fingerprint density at radius 1 is 0.808 bits per heavy atom. The molecule has 3 aromatic carbocycles. The predicted molar refractivity (Wildman–Crippen MR) is 115 cm³/mol. The molecule has 3 heteroatoms. The standard InChI is InChI=1S/C23H19BrOS/c1-17(23(25)19-8-4-2-5-9-19)22(18-12-14-20(24)15-13-18)16-26-21-10-6-3-7-11-21/h2-15H,16H2,1H3/b22-17-. The molecular formula is C23H19BrOS. The first kappa shape index (κ1) is 18.7. The smallest absolute Gasteiger partial charge is 0.189 e. The molecule has 0 atom stereocenters. The van der Waals surface area contributed by atoms with Crippen LogP contribution in [-0.2, 0) is 0 Å². The molecule has 0 bridgehead atoms. The van der Waals surface area contributed by atoms with Crippen LogP contribution in [0.15, 0.2) is 99.9 Å². The highest BCUT2D eigenvalue weighted by Gasteiger charge is 2.15. The number of carbonyl (C=O) groups excluding carboxylic acids is 1. The van der Waals surface area contributed by atoms with E-state index in [2.05, 4.69) is 40.2 Å². The van der Waals surface area contributed by atoms with Crippen LogP contribution in [0.2, 0.25) is 0 Å². The molecule has 0 N–H and O–H groups in total. The third-order valence-corrected chi connectivity index (χ3v) is 5.72. The second kappa shape index (κ2) is 9.02. The second-order valence-corrected chi connectivity index (χ2v) is 7.87. The van der Waals surface area contributed by atoms with Gasteiger partial charge in [0.25, 0.3) is 0 Å². The minimum Gasteiger partial charge on any atom is -0.289 e. The third-order valence-electron chi connectivity index (χ3n) is 4.15. The van der Waals surface area contributed by atoms with Crippen molar-refractivity contribution in [1.29, 1.82) is 0 Å². The average Bonchev–Trinajstić information content (AvgIpc) is 2.70. The highest BCUT2D eigenvalue weighted by molar-refractivity contribution is 9.10. The summed E-state index contributed by atoms with van der Waals surface area (Å²) in [4.78, 5) is 14.2. The maximum absolute atomic E-state index is 13.0. The highest BCUT2D eigenvalue weighted by atomic mass is 79.9. The van der Waals surface area contributed by atoms with Crippen LogP contribution in [-0.4, -0.2) is 11.5 Å². The highest BCUT2D eigenvalue weighted by Crippen LogP contribution is 2.30. The summed E-state index contributed by atoms with van der Waals surface area (Å²) in [6.45, 7) is 1.93. The molecule has 1 nitrogen and oxygen atoms in total. The summed E-state index contributed by atoms with van der Waals surface area (Å²) in [5, 5.41) is 0. The maximum Gasteiger partial charge on any atom is 0.189 e. The van der Waals surface area contributed by atoms with Gasteiger partial charge in [-0.05, 0) is 42.3 Å². The van der Waals surface area contributed by atoms with Crippen LogP contribution < -0.4 is 0 Å². The monoisotopic (exact) mass is 422 g/mol. The van der Waals surface area contributed by atoms with Crippen LogP contribution in [0.1, 0.15) is 22.8 Å². The first-order chi connectivity index (χ1) is 12.6. The molecule has 0 aliphatic heterocycles. The molecule has 0 aliphatic carbocycles. The van der Waals surface area contributed by atoms with E-state index in [4.69, 9.17) is 0 Å². The first-order valence-electron chi connectivity index (χ1n) is 8.38. The Bertz CT molecular complexity index is 900. The summed E-state index contributed by atoms with van der Waals surface area (Å²) in [5.74, 6) is 0.827. The third kappa shape index (κ3) is 4.75. The van der Waals surface area contributed by atoms with Gasteiger partial charge in [-0.2, -0.15) is 0 Å². The molecule has 0 saturated carbocycles. The van der Waals surface area contributed by atoms with E-state index in [0.29, 0.717) is 0 Å². The van der Waals surface area contributed by atoms with Crippen LogP contribution >= 0.6 is 27.7 Å². The molecule has 3 aromatic rings. The Morgan fingerprint density at radius 2 is 1.38 bits per heavy atom. The molecule has 0 spiro atoms. The Morgan fingerprint density at radius 3 is 2.00 bits per heavy atom. The summed E-state index contributed by atoms with van der Waals surface area (Å²) < 4.78 is 1.03. The molecule has 0 radical (unpaired) electrons. The Hall–Kier alpha value is -2.10. The minimum absolute atomic E-state index is 0.0807. The van der Waals surface area contributed by atoms with Crippen LogP contribution in [0.3, 0.4) is 0 Å². The lowest BCUT2D eigenvalue weighted by Gasteiger charge is -2.13. The van der Waals surface area contributed by atoms with Crippen LogP contribution in [0.4, 0.5) is 0 Å². The normalized spacial score (nSPS) is 11.8. The zero-order chi connectivity index (χ0) is 18.4. The lowest BCUT2D eigenvalue weighted by molar-refractivity contribution is 0.103. The quantitative estimate of drug-likeness (QED) is 0.244. The molecule has 130 valence electrons. The van der Waals surface area contributed by atoms with Crippen LogP contribution in [0.5, 0.6) is 0 Å². The second-order valence-electron chi connectivity index (χ2n) is 5.91. The summed E-state index contributed by atoms with van der Waals surface area (Å²) in [5.41, 5.74) is 3.67. The van der Waals surface area contributed by atoms with Crippen LogP contribution in [0, 0.1) is 0 Å². The van der Waals surface area contributed by atoms with E-state index in [-0.39, 0.29) is 5.78 Å². The lowest BCUT2D eigenvalue weighted by atomic mass is 9.96. The molecule has 0 aliphatic rings. The minimum atomic E-state index is 0.0807. The van der Waals surface area contributed by atoms with E-state index in [1.165, 1.54) is 4.90 Å². The van der Waals surface area contributed by atoms with Crippen molar-refractivity contribution < 1.29 is 4.79 Å². The molecule has 26 heavy (non-hydrogen) atoms. The van der Waals surface area contributed by atoms with E-state index < -0.39 is 0 Å². The van der Waals surface area contributed by atoms with Gasteiger partial charge in [0, 0.05) is 26.3 Å². The van der Waals surface area contributed by atoms with Gasteiger partial charge in [0.05, 0.1) is 0 Å². The number of halogens is 1. The summed E-state index contributed by atoms with van der Waals surface area (Å²) in [6.07, 6.45) is 0. The van der Waals surface area contributed by atoms with Crippen LogP contribution in [0.25, 0.3) is 5.57 Å². The zero-order valence-electron chi connectivity index (χ0n) is 14.5. The fraction of sp³-hybridized carbons (Fsp3) is 0.0870. The Kier molecular flexibility index (Phi) is 6.48. The largest absolute Gasteiger partial charge is 0.289 e. The van der Waals surface area contributed by atoms with Gasteiger partial charge in [0.15, 0.2) is 5.78 Å². The molecule has 0 aromatic heterocycles. The SMILES string of the molecule is C/C(C(=O)c1ccccc1)=C(\CSc1ccccc1)c1ccc(Br)cc1. The Labute approximate surface area is 167 Å². The van der Waals surface area contributed by atoms with E-state index in [9.17, 15) is 4.79 Å². The zero-order valence-corrected chi connectivity index (χ0v) is 16.9. The molecule has 0 unspecified atom stereocenters. The van der Waals surface area contributed by atoms with Crippen molar-refractivity contribution in [2.45, 2.75) is 11.8 Å². The van der Waals surface area contributed by atoms with E-state index in [0.717, 1.165) is 32.5 Å². The summed E-state index contributed by atoms with van der Waals surface area (Å²) >= 11 is 5.23. The van der Waals surface area contributed by atoms with Crippen molar-refractivity contribution in [2.24, 2.45) is 0 Å². The maximum atomic E-state index is 13.0. The van der Waals surface area contributed by atoms with Crippen molar-refractivity contribution in [3.05, 3.63) is 106 Å². The fourth-order valence-corrected chi connectivity index (χ4v) is 3.98. The van der Waals surface area contributed by atoms with Gasteiger partial charge in [0.2, 0.25) is 0 Å². The summed E-state index contributed by atoms with van der Waals surface area (Å²) in [6, 6.07) is 27.9. The van der Waals surface area contributed by atoms with E-state index >= 15 is 0 Å². The molecule has 0 amide bonds. The first-order valence-corrected chi connectivity index (χ1v) is 10.2. The van der Waals surface area contributed by atoms with Gasteiger partial charge in [-0.25, -0.2) is 0 Å². The van der Waals surface area contributed by atoms with E-state index in [1.54, 1.807) is 11.8 Å². The van der Waals surface area contributed by atoms with Crippen molar-refractivity contribution in [3.8, 4) is 0 Å². The summed E-state index contributed by atoms with van der Waals surface area (Å²) in [7, 11) is 0. The van der Waals surface area contributed by atoms with Crippen molar-refractivity contribution >= 4 is 39.0 Å². The lowest BCUT2D eigenvalue weighted by Crippen LogP contribution is -2.05. The average molecular weight is 423 g/mol. The van der Waals surface area contributed by atoms with Gasteiger partial charge < -0.3 is 0 Å². The number of Topliss-reactive ketones (excluding diaryl/α,β-unsaturated/α-hetero) is 1. The van der Waals surface area contributed by atoms with Crippen molar-refractivity contribution in [3.63, 3.8) is 0 Å². The van der Waals surface area contributed by atoms with Gasteiger partial charge in [-0.1, -0.05) is 76.6 Å². The topological polar surface area (TPSA) is 17.1 Å². The Balaban J connectivity index is 1.95. The van der Waals surface area contributed by atoms with Gasteiger partial charge >= 0.3 is 0 Å². The predicted octanol–water partition coefficient (Wildman–Crippen LogP) is 6.90. The fourth-order valence-electron chi connectivity index (χ4n) is 2.67. The van der Waals surface area contributed by atoms with E-state index in [1.807, 2.05) is 67.6 Å². The molecule has 0 fully saturated rings. The molecule has 0 saturated heterocycles. The number of hydrogen-bond acceptors (Lipinski definition) is 2. The van der Waals surface area contributed by atoms with Crippen molar-refractivity contribution in [2.75, 3.05) is 5.75 Å². The number of carbonyl (C=O) groups is 1. The number of hydrogen-bond donors (Lipinski definition) is 0. The van der Waals surface area contributed by atoms with Gasteiger partial charge in [-0.15, -0.1) is 11.8 Å².